The number of benzene rings is 2. The lowest BCUT2D eigenvalue weighted by atomic mass is 10.1. The predicted molar refractivity (Wildman–Crippen MR) is 105 cm³/mol. The number of hydrogen-bond donors (Lipinski definition) is 0. The monoisotopic (exact) mass is 418 g/mol. The SMILES string of the molecule is CCN(Cc1ccc(C(=O)N(C)C)cc1)C(=O)COc1ccc(Br)cc1. The lowest BCUT2D eigenvalue weighted by Gasteiger charge is -2.21. The molecule has 0 aromatic heterocycles. The number of hydrogen-bond acceptors (Lipinski definition) is 3. The van der Waals surface area contributed by atoms with Crippen molar-refractivity contribution in [3.63, 3.8) is 0 Å². The molecular formula is C20H23BrN2O3. The fourth-order valence-corrected chi connectivity index (χ4v) is 2.64. The highest BCUT2D eigenvalue weighted by molar-refractivity contribution is 9.10. The van der Waals surface area contributed by atoms with Crippen molar-refractivity contribution < 1.29 is 14.3 Å². The highest BCUT2D eigenvalue weighted by Crippen LogP contribution is 2.16. The Bertz CT molecular complexity index is 743. The Morgan fingerprint density at radius 2 is 1.62 bits per heavy atom. The van der Waals surface area contributed by atoms with Crippen molar-refractivity contribution in [1.29, 1.82) is 0 Å². The van der Waals surface area contributed by atoms with Gasteiger partial charge in [-0.15, -0.1) is 0 Å². The molecule has 2 rings (SSSR count). The predicted octanol–water partition coefficient (Wildman–Crippen LogP) is 3.58. The Hall–Kier alpha value is -2.34. The molecule has 0 aliphatic rings. The van der Waals surface area contributed by atoms with Crippen molar-refractivity contribution in [3.8, 4) is 5.75 Å². The summed E-state index contributed by atoms with van der Waals surface area (Å²) in [5, 5.41) is 0. The molecule has 0 saturated heterocycles. The maximum atomic E-state index is 12.4. The van der Waals surface area contributed by atoms with Gasteiger partial charge in [0, 0.05) is 37.2 Å². The number of nitrogens with zero attached hydrogens (tertiary/aromatic N) is 2. The van der Waals surface area contributed by atoms with Crippen molar-refractivity contribution in [2.75, 3.05) is 27.2 Å². The molecule has 0 atom stereocenters. The van der Waals surface area contributed by atoms with Gasteiger partial charge in [0.05, 0.1) is 0 Å². The first-order valence-electron chi connectivity index (χ1n) is 8.37. The smallest absolute Gasteiger partial charge is 0.260 e. The highest BCUT2D eigenvalue weighted by atomic mass is 79.9. The van der Waals surface area contributed by atoms with Crippen LogP contribution in [0.1, 0.15) is 22.8 Å². The summed E-state index contributed by atoms with van der Waals surface area (Å²) in [6.45, 7) is 2.99. The molecule has 0 fully saturated rings. The second kappa shape index (κ2) is 9.38. The molecule has 0 spiro atoms. The maximum Gasteiger partial charge on any atom is 0.260 e. The maximum absolute atomic E-state index is 12.4. The Morgan fingerprint density at radius 1 is 1.00 bits per heavy atom. The van der Waals surface area contributed by atoms with Gasteiger partial charge >= 0.3 is 0 Å². The lowest BCUT2D eigenvalue weighted by molar-refractivity contribution is -0.133. The van der Waals surface area contributed by atoms with Gasteiger partial charge in [0.25, 0.3) is 11.8 Å². The summed E-state index contributed by atoms with van der Waals surface area (Å²) in [5.41, 5.74) is 1.60. The molecule has 0 unspecified atom stereocenters. The van der Waals surface area contributed by atoms with E-state index in [0.717, 1.165) is 10.0 Å². The Labute approximate surface area is 162 Å². The third kappa shape index (κ3) is 5.59. The second-order valence-electron chi connectivity index (χ2n) is 6.05. The van der Waals surface area contributed by atoms with Crippen LogP contribution >= 0.6 is 15.9 Å². The number of ether oxygens (including phenoxy) is 1. The average molecular weight is 419 g/mol. The average Bonchev–Trinajstić information content (AvgIpc) is 2.65. The summed E-state index contributed by atoms with van der Waals surface area (Å²) < 4.78 is 6.52. The first-order chi connectivity index (χ1) is 12.4. The van der Waals surface area contributed by atoms with Gasteiger partial charge in [0.1, 0.15) is 5.75 Å². The zero-order chi connectivity index (χ0) is 19.1. The fourth-order valence-electron chi connectivity index (χ4n) is 2.37. The summed E-state index contributed by atoms with van der Waals surface area (Å²) >= 11 is 3.36. The first kappa shape index (κ1) is 20.0. The summed E-state index contributed by atoms with van der Waals surface area (Å²) in [5.74, 6) is 0.538. The zero-order valence-electron chi connectivity index (χ0n) is 15.2. The third-order valence-corrected chi connectivity index (χ3v) is 4.42. The fraction of sp³-hybridized carbons (Fsp3) is 0.300. The highest BCUT2D eigenvalue weighted by Gasteiger charge is 2.14. The number of carbonyl (C=O) groups excluding carboxylic acids is 2. The van der Waals surface area contributed by atoms with E-state index >= 15 is 0 Å². The van der Waals surface area contributed by atoms with Crippen LogP contribution in [0, 0.1) is 0 Å². The van der Waals surface area contributed by atoms with Crippen LogP contribution in [-0.2, 0) is 11.3 Å². The molecule has 2 aromatic carbocycles. The molecule has 0 saturated carbocycles. The lowest BCUT2D eigenvalue weighted by Crippen LogP contribution is -2.34. The molecule has 2 amide bonds. The van der Waals surface area contributed by atoms with Crippen molar-refractivity contribution in [1.82, 2.24) is 9.80 Å². The van der Waals surface area contributed by atoms with E-state index in [-0.39, 0.29) is 18.4 Å². The minimum Gasteiger partial charge on any atom is -0.484 e. The van der Waals surface area contributed by atoms with Gasteiger partial charge in [-0.2, -0.15) is 0 Å². The van der Waals surface area contributed by atoms with E-state index in [1.807, 2.05) is 43.3 Å². The molecule has 2 aromatic rings. The summed E-state index contributed by atoms with van der Waals surface area (Å²) in [7, 11) is 3.44. The minimum atomic E-state index is -0.0798. The van der Waals surface area contributed by atoms with E-state index in [4.69, 9.17) is 4.74 Å². The molecule has 5 nitrogen and oxygen atoms in total. The third-order valence-electron chi connectivity index (χ3n) is 3.89. The van der Waals surface area contributed by atoms with Crippen molar-refractivity contribution in [2.45, 2.75) is 13.5 Å². The van der Waals surface area contributed by atoms with Gasteiger partial charge in [-0.3, -0.25) is 9.59 Å². The van der Waals surface area contributed by atoms with Crippen LogP contribution < -0.4 is 4.74 Å². The van der Waals surface area contributed by atoms with Crippen LogP contribution in [0.3, 0.4) is 0 Å². The number of rotatable bonds is 7. The second-order valence-corrected chi connectivity index (χ2v) is 6.96. The summed E-state index contributed by atoms with van der Waals surface area (Å²) in [6.07, 6.45) is 0. The standard InChI is InChI=1S/C20H23BrN2O3/c1-4-23(19(24)14-26-18-11-9-17(21)10-12-18)13-15-5-7-16(8-6-15)20(25)22(2)3/h5-12H,4,13-14H2,1-3H3. The molecule has 138 valence electrons. The summed E-state index contributed by atoms with van der Waals surface area (Å²) in [4.78, 5) is 27.6. The zero-order valence-corrected chi connectivity index (χ0v) is 16.8. The summed E-state index contributed by atoms with van der Waals surface area (Å²) in [6, 6.07) is 14.7. The molecule has 0 N–H and O–H groups in total. The van der Waals surface area contributed by atoms with Crippen LogP contribution in [0.4, 0.5) is 0 Å². The van der Waals surface area contributed by atoms with Crippen LogP contribution in [0.2, 0.25) is 0 Å². The van der Waals surface area contributed by atoms with E-state index < -0.39 is 0 Å². The molecule has 6 heteroatoms. The molecule has 0 bridgehead atoms. The van der Waals surface area contributed by atoms with Crippen LogP contribution in [0.5, 0.6) is 5.75 Å². The van der Waals surface area contributed by atoms with E-state index in [9.17, 15) is 9.59 Å². The van der Waals surface area contributed by atoms with E-state index in [0.29, 0.717) is 24.4 Å². The molecule has 0 aliphatic heterocycles. The van der Waals surface area contributed by atoms with Crippen LogP contribution in [0.15, 0.2) is 53.0 Å². The van der Waals surface area contributed by atoms with Gasteiger partial charge in [-0.1, -0.05) is 28.1 Å². The van der Waals surface area contributed by atoms with Crippen molar-refractivity contribution in [2.24, 2.45) is 0 Å². The molecule has 0 heterocycles. The molecule has 0 radical (unpaired) electrons. The largest absolute Gasteiger partial charge is 0.484 e. The number of amides is 2. The minimum absolute atomic E-state index is 0.00727. The number of halogens is 1. The van der Waals surface area contributed by atoms with E-state index in [2.05, 4.69) is 15.9 Å². The Morgan fingerprint density at radius 3 is 2.15 bits per heavy atom. The topological polar surface area (TPSA) is 49.9 Å². The van der Waals surface area contributed by atoms with E-state index in [1.54, 1.807) is 31.1 Å². The van der Waals surface area contributed by atoms with Gasteiger partial charge in [-0.05, 0) is 48.9 Å². The number of carbonyl (C=O) groups is 2. The van der Waals surface area contributed by atoms with Crippen LogP contribution in [-0.4, -0.2) is 48.9 Å². The molecular weight excluding hydrogens is 396 g/mol. The van der Waals surface area contributed by atoms with E-state index in [1.165, 1.54) is 4.90 Å². The normalized spacial score (nSPS) is 10.3. The molecule has 0 aliphatic carbocycles. The Balaban J connectivity index is 1.94. The van der Waals surface area contributed by atoms with Gasteiger partial charge in [0.15, 0.2) is 6.61 Å². The van der Waals surface area contributed by atoms with Gasteiger partial charge in [-0.25, -0.2) is 0 Å². The Kier molecular flexibility index (Phi) is 7.21. The van der Waals surface area contributed by atoms with Gasteiger partial charge in [0.2, 0.25) is 0 Å². The molecule has 26 heavy (non-hydrogen) atoms. The quantitative estimate of drug-likeness (QED) is 0.690. The first-order valence-corrected chi connectivity index (χ1v) is 9.16. The van der Waals surface area contributed by atoms with Crippen molar-refractivity contribution >= 4 is 27.7 Å². The number of likely N-dealkylation sites (N-methyl/N-ethyl adjacent to an activating group) is 1. The van der Waals surface area contributed by atoms with Crippen LogP contribution in [0.25, 0.3) is 0 Å². The van der Waals surface area contributed by atoms with Gasteiger partial charge < -0.3 is 14.5 Å². The van der Waals surface area contributed by atoms with Crippen molar-refractivity contribution in [3.05, 3.63) is 64.1 Å².